The summed E-state index contributed by atoms with van der Waals surface area (Å²) < 4.78 is 16.2. The number of anilines is 2. The van der Waals surface area contributed by atoms with Crippen molar-refractivity contribution < 1.29 is 14.2 Å². The number of pyridine rings is 2. The summed E-state index contributed by atoms with van der Waals surface area (Å²) >= 11 is 0. The van der Waals surface area contributed by atoms with Gasteiger partial charge in [0.1, 0.15) is 11.3 Å². The summed E-state index contributed by atoms with van der Waals surface area (Å²) in [5.41, 5.74) is 3.28. The molecule has 0 aliphatic carbocycles. The maximum Gasteiger partial charge on any atom is 0.203 e. The van der Waals surface area contributed by atoms with Gasteiger partial charge in [-0.3, -0.25) is 4.98 Å². The number of hydrogen-bond acceptors (Lipinski definition) is 7. The van der Waals surface area contributed by atoms with E-state index >= 15 is 0 Å². The zero-order valence-electron chi connectivity index (χ0n) is 15.7. The standard InChI is InChI=1S/C20H19N5O3/c1-26-15-10-13(11-16(27-2)18(15)28-3)23-20-17-14(6-9-22-20)24-19(25-17)12-4-7-21-8-5-12/h4-11H,1-3H3,(H,22,23)(H,24,25). The maximum atomic E-state index is 5.41. The van der Waals surface area contributed by atoms with Crippen molar-refractivity contribution in [2.24, 2.45) is 0 Å². The first kappa shape index (κ1) is 17.6. The fourth-order valence-electron chi connectivity index (χ4n) is 2.96. The lowest BCUT2D eigenvalue weighted by Crippen LogP contribution is -1.99. The summed E-state index contributed by atoms with van der Waals surface area (Å²) in [6, 6.07) is 9.32. The Hall–Kier alpha value is -3.81. The average Bonchev–Trinajstić information content (AvgIpc) is 3.19. The molecule has 0 unspecified atom stereocenters. The average molecular weight is 377 g/mol. The summed E-state index contributed by atoms with van der Waals surface area (Å²) in [7, 11) is 4.73. The molecular weight excluding hydrogens is 358 g/mol. The van der Waals surface area contributed by atoms with E-state index in [2.05, 4.69) is 20.3 Å². The van der Waals surface area contributed by atoms with Crippen molar-refractivity contribution in [3.8, 4) is 28.6 Å². The van der Waals surface area contributed by atoms with Crippen LogP contribution in [0.3, 0.4) is 0 Å². The lowest BCUT2D eigenvalue weighted by molar-refractivity contribution is 0.324. The SMILES string of the molecule is COc1cc(Nc2nccc3[nH]c(-c4ccncc4)nc23)cc(OC)c1OC. The Bertz CT molecular complexity index is 1090. The van der Waals surface area contributed by atoms with Gasteiger partial charge in [0.15, 0.2) is 17.3 Å². The molecule has 0 radical (unpaired) electrons. The molecule has 4 aromatic rings. The predicted octanol–water partition coefficient (Wildman–Crippen LogP) is 3.79. The number of hydrogen-bond donors (Lipinski definition) is 2. The lowest BCUT2D eigenvalue weighted by Gasteiger charge is -2.15. The number of nitrogens with one attached hydrogen (secondary N) is 2. The molecule has 0 amide bonds. The van der Waals surface area contributed by atoms with Crippen LogP contribution in [0, 0.1) is 0 Å². The smallest absolute Gasteiger partial charge is 0.203 e. The van der Waals surface area contributed by atoms with Crippen molar-refractivity contribution in [1.82, 2.24) is 19.9 Å². The lowest BCUT2D eigenvalue weighted by atomic mass is 10.2. The van der Waals surface area contributed by atoms with E-state index < -0.39 is 0 Å². The first-order valence-electron chi connectivity index (χ1n) is 8.55. The second kappa shape index (κ2) is 7.43. The fourth-order valence-corrected chi connectivity index (χ4v) is 2.96. The molecule has 0 bridgehead atoms. The van der Waals surface area contributed by atoms with Crippen molar-refractivity contribution in [3.63, 3.8) is 0 Å². The Labute approximate surface area is 161 Å². The van der Waals surface area contributed by atoms with Crippen molar-refractivity contribution in [1.29, 1.82) is 0 Å². The van der Waals surface area contributed by atoms with Gasteiger partial charge in [0.2, 0.25) is 5.75 Å². The molecule has 3 heterocycles. The van der Waals surface area contributed by atoms with Gasteiger partial charge in [0.05, 0.1) is 26.8 Å². The highest BCUT2D eigenvalue weighted by molar-refractivity contribution is 5.90. The Morgan fingerprint density at radius 2 is 1.61 bits per heavy atom. The van der Waals surface area contributed by atoms with Gasteiger partial charge >= 0.3 is 0 Å². The summed E-state index contributed by atoms with van der Waals surface area (Å²) in [5, 5.41) is 3.29. The Morgan fingerprint density at radius 3 is 2.25 bits per heavy atom. The molecule has 8 heteroatoms. The Morgan fingerprint density at radius 1 is 0.893 bits per heavy atom. The summed E-state index contributed by atoms with van der Waals surface area (Å²) in [6.07, 6.45) is 5.18. The van der Waals surface area contributed by atoms with Gasteiger partial charge in [0, 0.05) is 42.0 Å². The van der Waals surface area contributed by atoms with Crippen molar-refractivity contribution in [3.05, 3.63) is 48.9 Å². The highest BCUT2D eigenvalue weighted by atomic mass is 16.5. The molecule has 4 rings (SSSR count). The molecule has 0 fully saturated rings. The molecule has 28 heavy (non-hydrogen) atoms. The van der Waals surface area contributed by atoms with Gasteiger partial charge in [0.25, 0.3) is 0 Å². The molecule has 8 nitrogen and oxygen atoms in total. The number of nitrogens with zero attached hydrogens (tertiary/aromatic N) is 3. The number of benzene rings is 1. The molecule has 2 N–H and O–H groups in total. The van der Waals surface area contributed by atoms with E-state index in [1.54, 1.807) is 39.9 Å². The van der Waals surface area contributed by atoms with Gasteiger partial charge in [-0.1, -0.05) is 0 Å². The van der Waals surface area contributed by atoms with Gasteiger partial charge in [-0.2, -0.15) is 0 Å². The highest BCUT2D eigenvalue weighted by Crippen LogP contribution is 2.40. The van der Waals surface area contributed by atoms with Gasteiger partial charge < -0.3 is 24.5 Å². The molecule has 0 saturated heterocycles. The van der Waals surface area contributed by atoms with Crippen LogP contribution in [0.2, 0.25) is 0 Å². The first-order chi connectivity index (χ1) is 13.7. The molecule has 0 spiro atoms. The number of H-pyrrole nitrogens is 1. The van der Waals surface area contributed by atoms with E-state index in [0.29, 0.717) is 23.1 Å². The van der Waals surface area contributed by atoms with Crippen molar-refractivity contribution in [2.75, 3.05) is 26.6 Å². The van der Waals surface area contributed by atoms with E-state index in [-0.39, 0.29) is 0 Å². The summed E-state index contributed by atoms with van der Waals surface area (Å²) in [6.45, 7) is 0. The van der Waals surface area contributed by atoms with Crippen molar-refractivity contribution in [2.45, 2.75) is 0 Å². The maximum absolute atomic E-state index is 5.41. The summed E-state index contributed by atoms with van der Waals surface area (Å²) in [5.74, 6) is 3.00. The topological polar surface area (TPSA) is 94.2 Å². The molecule has 0 saturated carbocycles. The molecular formula is C20H19N5O3. The summed E-state index contributed by atoms with van der Waals surface area (Å²) in [4.78, 5) is 16.5. The van der Waals surface area contributed by atoms with E-state index in [0.717, 1.165) is 28.1 Å². The van der Waals surface area contributed by atoms with Crippen LogP contribution in [0.4, 0.5) is 11.5 Å². The van der Waals surface area contributed by atoms with Crippen LogP contribution in [0.25, 0.3) is 22.4 Å². The highest BCUT2D eigenvalue weighted by Gasteiger charge is 2.15. The zero-order chi connectivity index (χ0) is 19.5. The third-order valence-electron chi connectivity index (χ3n) is 4.28. The van der Waals surface area contributed by atoms with Gasteiger partial charge in [-0.05, 0) is 18.2 Å². The number of methoxy groups -OCH3 is 3. The molecule has 1 aromatic carbocycles. The fraction of sp³-hybridized carbons (Fsp3) is 0.150. The Kier molecular flexibility index (Phi) is 4.67. The number of aromatic nitrogens is 4. The Balaban J connectivity index is 1.75. The minimum absolute atomic E-state index is 0.529. The third kappa shape index (κ3) is 3.16. The number of fused-ring (bicyclic) bond motifs is 1. The first-order valence-corrected chi connectivity index (χ1v) is 8.55. The number of ether oxygens (including phenoxy) is 3. The third-order valence-corrected chi connectivity index (χ3v) is 4.28. The van der Waals surface area contributed by atoms with E-state index in [9.17, 15) is 0 Å². The quantitative estimate of drug-likeness (QED) is 0.528. The van der Waals surface area contributed by atoms with Crippen LogP contribution in [0.5, 0.6) is 17.2 Å². The number of imidazole rings is 1. The van der Waals surface area contributed by atoms with Crippen molar-refractivity contribution >= 4 is 22.5 Å². The van der Waals surface area contributed by atoms with E-state index in [1.807, 2.05) is 30.3 Å². The van der Waals surface area contributed by atoms with Crippen LogP contribution in [0.15, 0.2) is 48.9 Å². The normalized spacial score (nSPS) is 10.7. The largest absolute Gasteiger partial charge is 0.493 e. The van der Waals surface area contributed by atoms with Crippen LogP contribution in [0.1, 0.15) is 0 Å². The second-order valence-corrected chi connectivity index (χ2v) is 5.92. The van der Waals surface area contributed by atoms with Crippen LogP contribution in [-0.2, 0) is 0 Å². The van der Waals surface area contributed by atoms with Crippen LogP contribution in [-0.4, -0.2) is 41.3 Å². The van der Waals surface area contributed by atoms with Gasteiger partial charge in [-0.15, -0.1) is 0 Å². The van der Waals surface area contributed by atoms with E-state index in [1.165, 1.54) is 0 Å². The minimum atomic E-state index is 0.529. The second-order valence-electron chi connectivity index (χ2n) is 5.92. The molecule has 0 atom stereocenters. The monoisotopic (exact) mass is 377 g/mol. The molecule has 0 aliphatic heterocycles. The van der Waals surface area contributed by atoms with Crippen LogP contribution >= 0.6 is 0 Å². The number of aromatic amines is 1. The zero-order valence-corrected chi connectivity index (χ0v) is 15.7. The molecule has 0 aliphatic rings. The number of rotatable bonds is 6. The predicted molar refractivity (Wildman–Crippen MR) is 107 cm³/mol. The minimum Gasteiger partial charge on any atom is -0.493 e. The molecule has 142 valence electrons. The van der Waals surface area contributed by atoms with E-state index in [4.69, 9.17) is 19.2 Å². The van der Waals surface area contributed by atoms with Gasteiger partial charge in [-0.25, -0.2) is 9.97 Å². The van der Waals surface area contributed by atoms with Crippen LogP contribution < -0.4 is 19.5 Å². The molecule has 3 aromatic heterocycles.